The highest BCUT2D eigenvalue weighted by Gasteiger charge is 1.98. The van der Waals surface area contributed by atoms with Crippen LogP contribution in [0.15, 0.2) is 47.6 Å². The lowest BCUT2D eigenvalue weighted by Gasteiger charge is -2.05. The van der Waals surface area contributed by atoms with E-state index in [2.05, 4.69) is 20.3 Å². The number of nitrogens with zero attached hydrogens (tertiary/aromatic N) is 3. The van der Waals surface area contributed by atoms with Crippen molar-refractivity contribution in [2.75, 3.05) is 13.7 Å². The third-order valence-electron chi connectivity index (χ3n) is 2.82. The van der Waals surface area contributed by atoms with Gasteiger partial charge in [0.05, 0.1) is 19.3 Å². The van der Waals surface area contributed by atoms with Gasteiger partial charge in [-0.1, -0.05) is 12.1 Å². The first kappa shape index (κ1) is 14.8. The zero-order valence-corrected chi connectivity index (χ0v) is 12.0. The van der Waals surface area contributed by atoms with E-state index in [0.717, 1.165) is 17.8 Å². The van der Waals surface area contributed by atoms with Crippen LogP contribution >= 0.6 is 0 Å². The van der Waals surface area contributed by atoms with E-state index in [9.17, 15) is 0 Å². The van der Waals surface area contributed by atoms with Gasteiger partial charge in [0, 0.05) is 30.9 Å². The molecule has 6 heteroatoms. The largest absolute Gasteiger partial charge is 0.481 e. The van der Waals surface area contributed by atoms with E-state index in [-0.39, 0.29) is 0 Å². The molecule has 0 amide bonds. The van der Waals surface area contributed by atoms with Gasteiger partial charge in [0.25, 0.3) is 0 Å². The number of hydrogen-bond acceptors (Lipinski definition) is 4. The third-order valence-corrected chi connectivity index (χ3v) is 2.82. The molecule has 3 N–H and O–H groups in total. The lowest BCUT2D eigenvalue weighted by molar-refractivity contribution is 0.396. The lowest BCUT2D eigenvalue weighted by atomic mass is 10.3. The Bertz CT molecular complexity index is 586. The molecular formula is C15H19N5O. The van der Waals surface area contributed by atoms with Gasteiger partial charge in [-0.3, -0.25) is 4.98 Å². The van der Waals surface area contributed by atoms with Gasteiger partial charge in [0.1, 0.15) is 0 Å². The van der Waals surface area contributed by atoms with Crippen LogP contribution in [0.25, 0.3) is 0 Å². The molecule has 21 heavy (non-hydrogen) atoms. The van der Waals surface area contributed by atoms with Crippen molar-refractivity contribution >= 4 is 5.96 Å². The van der Waals surface area contributed by atoms with Gasteiger partial charge < -0.3 is 15.8 Å². The lowest BCUT2D eigenvalue weighted by Crippen LogP contribution is -2.33. The zero-order chi connectivity index (χ0) is 14.9. The Morgan fingerprint density at radius 1 is 1.24 bits per heavy atom. The Balaban J connectivity index is 1.78. The summed E-state index contributed by atoms with van der Waals surface area (Å²) in [6.07, 6.45) is 2.58. The van der Waals surface area contributed by atoms with Crippen LogP contribution in [0, 0.1) is 0 Å². The van der Waals surface area contributed by atoms with E-state index in [4.69, 9.17) is 10.5 Å². The molecule has 6 nitrogen and oxygen atoms in total. The van der Waals surface area contributed by atoms with Crippen molar-refractivity contribution < 1.29 is 4.74 Å². The molecule has 2 rings (SSSR count). The Kier molecular flexibility index (Phi) is 5.51. The number of rotatable bonds is 6. The molecule has 0 unspecified atom stereocenters. The highest BCUT2D eigenvalue weighted by Crippen LogP contribution is 2.07. The van der Waals surface area contributed by atoms with Gasteiger partial charge in [-0.2, -0.15) is 0 Å². The van der Waals surface area contributed by atoms with Crippen molar-refractivity contribution in [3.8, 4) is 5.88 Å². The average Bonchev–Trinajstić information content (AvgIpc) is 2.54. The van der Waals surface area contributed by atoms with Crippen LogP contribution in [-0.2, 0) is 13.0 Å². The summed E-state index contributed by atoms with van der Waals surface area (Å²) in [6, 6.07) is 11.4. The molecule has 2 aromatic heterocycles. The summed E-state index contributed by atoms with van der Waals surface area (Å²) >= 11 is 0. The van der Waals surface area contributed by atoms with Crippen LogP contribution in [0.4, 0.5) is 0 Å². The molecule has 0 atom stereocenters. The number of aromatic nitrogens is 2. The summed E-state index contributed by atoms with van der Waals surface area (Å²) in [7, 11) is 1.59. The van der Waals surface area contributed by atoms with E-state index in [0.29, 0.717) is 24.9 Å². The van der Waals surface area contributed by atoms with Gasteiger partial charge in [-0.25, -0.2) is 9.98 Å². The molecule has 0 fully saturated rings. The van der Waals surface area contributed by atoms with E-state index in [1.54, 1.807) is 19.4 Å². The SMILES string of the molecule is COc1cccc(CN=C(N)NCCc2ccccn2)n1. The van der Waals surface area contributed by atoms with E-state index >= 15 is 0 Å². The minimum absolute atomic E-state index is 0.399. The standard InChI is InChI=1S/C15H19N5O/c1-21-14-7-4-6-13(20-14)11-19-15(16)18-10-8-12-5-2-3-9-17-12/h2-7,9H,8,10-11H2,1H3,(H3,16,18,19). The highest BCUT2D eigenvalue weighted by molar-refractivity contribution is 5.77. The molecule has 0 bridgehead atoms. The summed E-state index contributed by atoms with van der Waals surface area (Å²) in [5.74, 6) is 0.972. The first-order valence-electron chi connectivity index (χ1n) is 6.71. The average molecular weight is 285 g/mol. The number of methoxy groups -OCH3 is 1. The molecular weight excluding hydrogens is 266 g/mol. The maximum Gasteiger partial charge on any atom is 0.213 e. The number of guanidine groups is 1. The van der Waals surface area contributed by atoms with Crippen molar-refractivity contribution in [3.05, 3.63) is 54.0 Å². The molecule has 0 saturated heterocycles. The summed E-state index contributed by atoms with van der Waals surface area (Å²) < 4.78 is 5.06. The van der Waals surface area contributed by atoms with Gasteiger partial charge in [0.2, 0.25) is 5.88 Å². The van der Waals surface area contributed by atoms with E-state index in [1.165, 1.54) is 0 Å². The Morgan fingerprint density at radius 3 is 2.86 bits per heavy atom. The van der Waals surface area contributed by atoms with Crippen LogP contribution in [0.3, 0.4) is 0 Å². The first-order valence-corrected chi connectivity index (χ1v) is 6.71. The van der Waals surface area contributed by atoms with Crippen molar-refractivity contribution in [3.63, 3.8) is 0 Å². The van der Waals surface area contributed by atoms with Crippen LogP contribution in [0.2, 0.25) is 0 Å². The first-order chi connectivity index (χ1) is 10.3. The minimum atomic E-state index is 0.399. The number of aliphatic imine (C=N–C) groups is 1. The molecule has 0 aliphatic carbocycles. The molecule has 0 spiro atoms. The molecule has 0 saturated carbocycles. The van der Waals surface area contributed by atoms with Crippen LogP contribution in [0.5, 0.6) is 5.88 Å². The maximum atomic E-state index is 5.82. The van der Waals surface area contributed by atoms with Gasteiger partial charge in [-0.15, -0.1) is 0 Å². The number of nitrogens with one attached hydrogen (secondary N) is 1. The predicted molar refractivity (Wildman–Crippen MR) is 82.1 cm³/mol. The van der Waals surface area contributed by atoms with Gasteiger partial charge in [-0.05, 0) is 18.2 Å². The minimum Gasteiger partial charge on any atom is -0.481 e. The van der Waals surface area contributed by atoms with Crippen molar-refractivity contribution in [2.45, 2.75) is 13.0 Å². The highest BCUT2D eigenvalue weighted by atomic mass is 16.5. The molecule has 0 aliphatic rings. The molecule has 110 valence electrons. The second-order valence-corrected chi connectivity index (χ2v) is 4.37. The fraction of sp³-hybridized carbons (Fsp3) is 0.267. The van der Waals surface area contributed by atoms with E-state index in [1.807, 2.05) is 30.3 Å². The number of ether oxygens (including phenoxy) is 1. The monoisotopic (exact) mass is 285 g/mol. The number of pyridine rings is 2. The number of hydrogen-bond donors (Lipinski definition) is 2. The normalized spacial score (nSPS) is 11.2. The van der Waals surface area contributed by atoms with E-state index < -0.39 is 0 Å². The second-order valence-electron chi connectivity index (χ2n) is 4.37. The summed E-state index contributed by atoms with van der Waals surface area (Å²) in [6.45, 7) is 1.11. The summed E-state index contributed by atoms with van der Waals surface area (Å²) in [5, 5.41) is 3.06. The summed E-state index contributed by atoms with van der Waals surface area (Å²) in [5.41, 5.74) is 7.65. The third kappa shape index (κ3) is 5.10. The van der Waals surface area contributed by atoms with Crippen molar-refractivity contribution in [1.82, 2.24) is 15.3 Å². The Morgan fingerprint density at radius 2 is 2.10 bits per heavy atom. The second kappa shape index (κ2) is 7.84. The molecule has 2 aromatic rings. The molecule has 0 aromatic carbocycles. The summed E-state index contributed by atoms with van der Waals surface area (Å²) in [4.78, 5) is 12.8. The smallest absolute Gasteiger partial charge is 0.213 e. The van der Waals surface area contributed by atoms with Crippen LogP contribution in [-0.4, -0.2) is 29.6 Å². The molecule has 2 heterocycles. The molecule has 0 aliphatic heterocycles. The molecule has 0 radical (unpaired) electrons. The van der Waals surface area contributed by atoms with Crippen molar-refractivity contribution in [2.24, 2.45) is 10.7 Å². The van der Waals surface area contributed by atoms with Crippen molar-refractivity contribution in [1.29, 1.82) is 0 Å². The predicted octanol–water partition coefficient (Wildman–Crippen LogP) is 1.13. The quantitative estimate of drug-likeness (QED) is 0.614. The maximum absolute atomic E-state index is 5.82. The fourth-order valence-corrected chi connectivity index (χ4v) is 1.75. The zero-order valence-electron chi connectivity index (χ0n) is 12.0. The van der Waals surface area contributed by atoms with Gasteiger partial charge >= 0.3 is 0 Å². The van der Waals surface area contributed by atoms with Crippen LogP contribution in [0.1, 0.15) is 11.4 Å². The topological polar surface area (TPSA) is 85.4 Å². The van der Waals surface area contributed by atoms with Crippen LogP contribution < -0.4 is 15.8 Å². The fourth-order valence-electron chi connectivity index (χ4n) is 1.75. The number of nitrogens with two attached hydrogens (primary N) is 1. The Hall–Kier alpha value is -2.63. The van der Waals surface area contributed by atoms with Gasteiger partial charge in [0.15, 0.2) is 5.96 Å². The Labute approximate surface area is 124 Å².